The molecular formula is C24H36IN3O3. The number of halogens is 1. The number of guanidine groups is 1. The van der Waals surface area contributed by atoms with Crippen LogP contribution >= 0.6 is 24.0 Å². The average Bonchev–Trinajstić information content (AvgIpc) is 3.29. The van der Waals surface area contributed by atoms with Crippen LogP contribution in [0.25, 0.3) is 0 Å². The van der Waals surface area contributed by atoms with Crippen molar-refractivity contribution in [2.45, 2.75) is 52.4 Å². The van der Waals surface area contributed by atoms with E-state index in [1.165, 1.54) is 11.1 Å². The fourth-order valence-corrected chi connectivity index (χ4v) is 3.20. The van der Waals surface area contributed by atoms with E-state index in [0.29, 0.717) is 25.2 Å². The lowest BCUT2D eigenvalue weighted by Crippen LogP contribution is -2.40. The average molecular weight is 541 g/mol. The zero-order valence-corrected chi connectivity index (χ0v) is 21.0. The van der Waals surface area contributed by atoms with Crippen molar-refractivity contribution in [3.05, 3.63) is 59.5 Å². The largest absolute Gasteiger partial charge is 0.469 e. The summed E-state index contributed by atoms with van der Waals surface area (Å²) >= 11 is 0. The summed E-state index contributed by atoms with van der Waals surface area (Å²) in [7, 11) is 0. The molecule has 0 saturated carbocycles. The lowest BCUT2D eigenvalue weighted by molar-refractivity contribution is -0.0390. The lowest BCUT2D eigenvalue weighted by atomic mass is 10.1. The van der Waals surface area contributed by atoms with Gasteiger partial charge in [0.05, 0.1) is 25.5 Å². The molecule has 1 aliphatic rings. The van der Waals surface area contributed by atoms with Gasteiger partial charge in [-0.2, -0.15) is 0 Å². The Balaban J connectivity index is 0.00000341. The normalized spacial score (nSPS) is 15.0. The molecule has 6 nitrogen and oxygen atoms in total. The van der Waals surface area contributed by atoms with E-state index >= 15 is 0 Å². The summed E-state index contributed by atoms with van der Waals surface area (Å²) in [4.78, 5) is 4.75. The predicted molar refractivity (Wildman–Crippen MR) is 135 cm³/mol. The molecule has 0 radical (unpaired) electrons. The van der Waals surface area contributed by atoms with Gasteiger partial charge in [-0.3, -0.25) is 0 Å². The van der Waals surface area contributed by atoms with Gasteiger partial charge >= 0.3 is 0 Å². The molecule has 0 bridgehead atoms. The van der Waals surface area contributed by atoms with E-state index in [9.17, 15) is 0 Å². The van der Waals surface area contributed by atoms with Gasteiger partial charge in [-0.15, -0.1) is 24.0 Å². The molecule has 0 amide bonds. The van der Waals surface area contributed by atoms with Gasteiger partial charge in [0.1, 0.15) is 5.76 Å². The molecule has 31 heavy (non-hydrogen) atoms. The quantitative estimate of drug-likeness (QED) is 0.263. The molecule has 0 atom stereocenters. The third-order valence-electron chi connectivity index (χ3n) is 5.02. The second-order valence-corrected chi connectivity index (χ2v) is 8.13. The summed E-state index contributed by atoms with van der Waals surface area (Å²) in [6.45, 7) is 8.95. The number of rotatable bonds is 10. The van der Waals surface area contributed by atoms with Gasteiger partial charge in [0, 0.05) is 32.7 Å². The van der Waals surface area contributed by atoms with E-state index in [1.54, 1.807) is 6.26 Å². The minimum atomic E-state index is 0. The molecular weight excluding hydrogens is 505 g/mol. The molecule has 172 valence electrons. The molecule has 7 heteroatoms. The molecule has 3 rings (SSSR count). The molecule has 2 heterocycles. The fourth-order valence-electron chi connectivity index (χ4n) is 3.20. The molecule has 1 aromatic carbocycles. The van der Waals surface area contributed by atoms with E-state index in [4.69, 9.17) is 18.9 Å². The van der Waals surface area contributed by atoms with Gasteiger partial charge in [-0.25, -0.2) is 4.99 Å². The number of hydrogen-bond donors (Lipinski definition) is 2. The number of nitrogens with one attached hydrogen (secondary N) is 2. The number of aliphatic imine (C=N–C) groups is 1. The van der Waals surface area contributed by atoms with E-state index in [-0.39, 0.29) is 24.0 Å². The zero-order valence-electron chi connectivity index (χ0n) is 18.6. The van der Waals surface area contributed by atoms with Gasteiger partial charge in [0.25, 0.3) is 0 Å². The standard InChI is InChI=1S/C24H35N3O3.HI/c1-19(2)16-26-24(25-12-9-22-4-3-13-29-22)27-17-20-5-7-21(8-6-20)18-30-23-10-14-28-15-11-23;/h3-8,13,19,23H,9-12,14-18H2,1-2H3,(H2,25,26,27);1H. The summed E-state index contributed by atoms with van der Waals surface area (Å²) in [6, 6.07) is 12.4. The van der Waals surface area contributed by atoms with Gasteiger partial charge in [0.2, 0.25) is 0 Å². The summed E-state index contributed by atoms with van der Waals surface area (Å²) < 4.78 is 16.8. The van der Waals surface area contributed by atoms with Crippen molar-refractivity contribution in [1.82, 2.24) is 10.6 Å². The van der Waals surface area contributed by atoms with Crippen LogP contribution in [0.4, 0.5) is 0 Å². The predicted octanol–water partition coefficient (Wildman–Crippen LogP) is 4.53. The Morgan fingerprint density at radius 3 is 2.52 bits per heavy atom. The first-order valence-electron chi connectivity index (χ1n) is 11.0. The topological polar surface area (TPSA) is 68.0 Å². The maximum Gasteiger partial charge on any atom is 0.191 e. The van der Waals surface area contributed by atoms with Crippen molar-refractivity contribution >= 4 is 29.9 Å². The van der Waals surface area contributed by atoms with Crippen LogP contribution in [0, 0.1) is 5.92 Å². The summed E-state index contributed by atoms with van der Waals surface area (Å²) in [5, 5.41) is 6.82. The lowest BCUT2D eigenvalue weighted by Gasteiger charge is -2.22. The summed E-state index contributed by atoms with van der Waals surface area (Å²) in [5.41, 5.74) is 2.38. The van der Waals surface area contributed by atoms with Crippen LogP contribution in [-0.2, 0) is 29.0 Å². The molecule has 2 aromatic rings. The van der Waals surface area contributed by atoms with Crippen LogP contribution in [0.5, 0.6) is 0 Å². The monoisotopic (exact) mass is 541 g/mol. The molecule has 0 aliphatic carbocycles. The van der Waals surface area contributed by atoms with Crippen molar-refractivity contribution in [2.24, 2.45) is 10.9 Å². The van der Waals surface area contributed by atoms with Crippen LogP contribution < -0.4 is 10.6 Å². The highest BCUT2D eigenvalue weighted by Crippen LogP contribution is 2.14. The Morgan fingerprint density at radius 1 is 1.10 bits per heavy atom. The molecule has 1 aromatic heterocycles. The Labute approximate surface area is 203 Å². The van der Waals surface area contributed by atoms with Crippen LogP contribution in [0.3, 0.4) is 0 Å². The van der Waals surface area contributed by atoms with E-state index in [2.05, 4.69) is 48.7 Å². The van der Waals surface area contributed by atoms with Gasteiger partial charge in [-0.1, -0.05) is 38.1 Å². The van der Waals surface area contributed by atoms with Crippen molar-refractivity contribution in [2.75, 3.05) is 26.3 Å². The maximum atomic E-state index is 6.00. The molecule has 1 saturated heterocycles. The number of furan rings is 1. The molecule has 2 N–H and O–H groups in total. The van der Waals surface area contributed by atoms with Crippen LogP contribution in [0.15, 0.2) is 52.1 Å². The first-order valence-corrected chi connectivity index (χ1v) is 11.0. The molecule has 1 aliphatic heterocycles. The van der Waals surface area contributed by atoms with Gasteiger partial charge in [-0.05, 0) is 42.0 Å². The molecule has 0 unspecified atom stereocenters. The van der Waals surface area contributed by atoms with E-state index in [0.717, 1.165) is 57.3 Å². The van der Waals surface area contributed by atoms with Gasteiger partial charge in [0.15, 0.2) is 5.96 Å². The Morgan fingerprint density at radius 2 is 1.84 bits per heavy atom. The highest BCUT2D eigenvalue weighted by Gasteiger charge is 2.13. The van der Waals surface area contributed by atoms with E-state index in [1.807, 2.05) is 12.1 Å². The zero-order chi connectivity index (χ0) is 21.0. The molecule has 1 fully saturated rings. The first-order chi connectivity index (χ1) is 14.7. The van der Waals surface area contributed by atoms with Crippen molar-refractivity contribution in [1.29, 1.82) is 0 Å². The van der Waals surface area contributed by atoms with Crippen molar-refractivity contribution in [3.63, 3.8) is 0 Å². The number of benzene rings is 1. The first kappa shape index (κ1) is 25.7. The smallest absolute Gasteiger partial charge is 0.191 e. The third kappa shape index (κ3) is 10.1. The number of nitrogens with zero attached hydrogens (tertiary/aromatic N) is 1. The number of ether oxygens (including phenoxy) is 2. The van der Waals surface area contributed by atoms with Crippen molar-refractivity contribution < 1.29 is 13.9 Å². The Kier molecular flexibility index (Phi) is 12.0. The second-order valence-electron chi connectivity index (χ2n) is 8.13. The maximum absolute atomic E-state index is 6.00. The van der Waals surface area contributed by atoms with Crippen LogP contribution in [0.1, 0.15) is 43.6 Å². The van der Waals surface area contributed by atoms with E-state index < -0.39 is 0 Å². The van der Waals surface area contributed by atoms with Crippen molar-refractivity contribution in [3.8, 4) is 0 Å². The Hall–Kier alpha value is -1.58. The third-order valence-corrected chi connectivity index (χ3v) is 5.02. The number of hydrogen-bond acceptors (Lipinski definition) is 4. The minimum absolute atomic E-state index is 0. The highest BCUT2D eigenvalue weighted by molar-refractivity contribution is 14.0. The SMILES string of the molecule is CC(C)CNC(=NCc1ccc(COC2CCOCC2)cc1)NCCc1ccco1.I. The summed E-state index contributed by atoms with van der Waals surface area (Å²) in [6.07, 6.45) is 4.85. The fraction of sp³-hybridized carbons (Fsp3) is 0.542. The minimum Gasteiger partial charge on any atom is -0.469 e. The summed E-state index contributed by atoms with van der Waals surface area (Å²) in [5.74, 6) is 2.36. The Bertz CT molecular complexity index is 742. The highest BCUT2D eigenvalue weighted by atomic mass is 127. The molecule has 0 spiro atoms. The van der Waals surface area contributed by atoms with Crippen LogP contribution in [0.2, 0.25) is 0 Å². The van der Waals surface area contributed by atoms with Gasteiger partial charge < -0.3 is 24.5 Å². The van der Waals surface area contributed by atoms with Crippen LogP contribution in [-0.4, -0.2) is 38.4 Å². The second kappa shape index (κ2) is 14.5.